The van der Waals surface area contributed by atoms with Crippen molar-refractivity contribution in [2.45, 2.75) is 45.4 Å². The Balaban J connectivity index is 2.22. The maximum atomic E-state index is 9.77. The highest BCUT2D eigenvalue weighted by Gasteiger charge is 2.14. The van der Waals surface area contributed by atoms with E-state index in [1.807, 2.05) is 26.8 Å². The fraction of sp³-hybridized carbons (Fsp3) is 0.692. The first-order valence-electron chi connectivity index (χ1n) is 5.97. The lowest BCUT2D eigenvalue weighted by Crippen LogP contribution is -2.34. The molecule has 0 radical (unpaired) electrons. The summed E-state index contributed by atoms with van der Waals surface area (Å²) in [5.41, 5.74) is -0.194. The summed E-state index contributed by atoms with van der Waals surface area (Å²) in [5.74, 6) is 0. The molecule has 2 atom stereocenters. The molecule has 0 saturated heterocycles. The Hall–Kier alpha value is -0.420. The molecule has 4 heteroatoms. The fourth-order valence-electron chi connectivity index (χ4n) is 1.36. The van der Waals surface area contributed by atoms with Gasteiger partial charge in [-0.15, -0.1) is 11.3 Å². The quantitative estimate of drug-likeness (QED) is 0.823. The van der Waals surface area contributed by atoms with Crippen LogP contribution >= 0.6 is 11.3 Å². The molecule has 3 nitrogen and oxygen atoms in total. The van der Waals surface area contributed by atoms with E-state index in [0.29, 0.717) is 13.2 Å². The first-order chi connectivity index (χ1) is 7.88. The van der Waals surface area contributed by atoms with Crippen molar-refractivity contribution in [1.82, 2.24) is 5.32 Å². The minimum Gasteiger partial charge on any atom is -0.389 e. The fourth-order valence-corrected chi connectivity index (χ4v) is 2.12. The third-order valence-corrected chi connectivity index (χ3v) is 3.39. The van der Waals surface area contributed by atoms with Crippen LogP contribution in [0.1, 0.15) is 38.6 Å². The van der Waals surface area contributed by atoms with Gasteiger partial charge < -0.3 is 15.2 Å². The molecule has 1 rings (SSSR count). The van der Waals surface area contributed by atoms with Crippen LogP contribution in [-0.2, 0) is 4.74 Å². The summed E-state index contributed by atoms with van der Waals surface area (Å²) < 4.78 is 5.53. The van der Waals surface area contributed by atoms with Crippen molar-refractivity contribution < 1.29 is 9.84 Å². The highest BCUT2D eigenvalue weighted by molar-refractivity contribution is 7.10. The minimum atomic E-state index is -0.461. The smallest absolute Gasteiger partial charge is 0.0898 e. The van der Waals surface area contributed by atoms with Crippen LogP contribution in [0.2, 0.25) is 0 Å². The lowest BCUT2D eigenvalue weighted by molar-refractivity contribution is -0.0482. The van der Waals surface area contributed by atoms with Crippen molar-refractivity contribution in [1.29, 1.82) is 0 Å². The predicted molar refractivity (Wildman–Crippen MR) is 72.4 cm³/mol. The first-order valence-corrected chi connectivity index (χ1v) is 6.85. The van der Waals surface area contributed by atoms with E-state index in [1.165, 1.54) is 4.88 Å². The van der Waals surface area contributed by atoms with Crippen LogP contribution in [0.4, 0.5) is 0 Å². The maximum Gasteiger partial charge on any atom is 0.0898 e. The number of aliphatic hydroxyl groups is 1. The van der Waals surface area contributed by atoms with E-state index in [9.17, 15) is 5.11 Å². The zero-order valence-corrected chi connectivity index (χ0v) is 11.9. The van der Waals surface area contributed by atoms with Crippen molar-refractivity contribution in [3.8, 4) is 0 Å². The van der Waals surface area contributed by atoms with Gasteiger partial charge in [0, 0.05) is 17.5 Å². The van der Waals surface area contributed by atoms with Gasteiger partial charge in [-0.25, -0.2) is 0 Å². The second-order valence-electron chi connectivity index (χ2n) is 5.22. The largest absolute Gasteiger partial charge is 0.389 e. The van der Waals surface area contributed by atoms with Gasteiger partial charge in [0.05, 0.1) is 18.3 Å². The van der Waals surface area contributed by atoms with E-state index in [0.717, 1.165) is 0 Å². The zero-order chi connectivity index (χ0) is 12.9. The van der Waals surface area contributed by atoms with Crippen molar-refractivity contribution >= 4 is 11.3 Å². The number of thiophene rings is 1. The van der Waals surface area contributed by atoms with E-state index in [2.05, 4.69) is 23.7 Å². The molecule has 0 bridgehead atoms. The molecular formula is C13H23NO2S. The Labute approximate surface area is 108 Å². The summed E-state index contributed by atoms with van der Waals surface area (Å²) in [6.45, 7) is 8.98. The molecule has 17 heavy (non-hydrogen) atoms. The molecule has 0 aliphatic carbocycles. The molecule has 0 aliphatic heterocycles. The summed E-state index contributed by atoms with van der Waals surface area (Å²) in [4.78, 5) is 1.29. The van der Waals surface area contributed by atoms with Crippen molar-refractivity contribution in [2.75, 3.05) is 13.2 Å². The van der Waals surface area contributed by atoms with Gasteiger partial charge >= 0.3 is 0 Å². The molecule has 98 valence electrons. The average Bonchev–Trinajstić information content (AvgIpc) is 2.75. The van der Waals surface area contributed by atoms with Crippen LogP contribution in [-0.4, -0.2) is 30.0 Å². The van der Waals surface area contributed by atoms with Gasteiger partial charge in [0.1, 0.15) is 0 Å². The van der Waals surface area contributed by atoms with Gasteiger partial charge in [-0.2, -0.15) is 0 Å². The molecule has 0 aliphatic rings. The number of hydrogen-bond acceptors (Lipinski definition) is 4. The van der Waals surface area contributed by atoms with Gasteiger partial charge in [-0.3, -0.25) is 0 Å². The summed E-state index contributed by atoms with van der Waals surface area (Å²) in [5, 5.41) is 15.1. The Morgan fingerprint density at radius 3 is 2.71 bits per heavy atom. The molecule has 1 heterocycles. The van der Waals surface area contributed by atoms with Crippen LogP contribution in [0.5, 0.6) is 0 Å². The predicted octanol–water partition coefficient (Wildman–Crippen LogP) is 2.57. The highest BCUT2D eigenvalue weighted by atomic mass is 32.1. The highest BCUT2D eigenvalue weighted by Crippen LogP contribution is 2.17. The number of nitrogens with one attached hydrogen (secondary N) is 1. The van der Waals surface area contributed by atoms with Gasteiger partial charge in [0.25, 0.3) is 0 Å². The summed E-state index contributed by atoms with van der Waals surface area (Å²) in [7, 11) is 0. The number of hydrogen-bond donors (Lipinski definition) is 2. The number of rotatable bonds is 6. The molecule has 0 saturated carbocycles. The van der Waals surface area contributed by atoms with Crippen LogP contribution < -0.4 is 5.32 Å². The normalized spacial score (nSPS) is 15.8. The zero-order valence-electron chi connectivity index (χ0n) is 11.1. The molecule has 1 aromatic heterocycles. The first kappa shape index (κ1) is 14.6. The average molecular weight is 257 g/mol. The Bertz CT molecular complexity index is 306. The monoisotopic (exact) mass is 257 g/mol. The van der Waals surface area contributed by atoms with Crippen LogP contribution in [0.15, 0.2) is 17.5 Å². The van der Waals surface area contributed by atoms with Gasteiger partial charge in [0.15, 0.2) is 0 Å². The van der Waals surface area contributed by atoms with E-state index in [-0.39, 0.29) is 11.6 Å². The number of aliphatic hydroxyl groups excluding tert-OH is 1. The summed E-state index contributed by atoms with van der Waals surface area (Å²) in [6, 6.07) is 4.41. The Morgan fingerprint density at radius 1 is 1.47 bits per heavy atom. The van der Waals surface area contributed by atoms with Gasteiger partial charge in [0.2, 0.25) is 0 Å². The molecule has 2 N–H and O–H groups in total. The molecule has 0 amide bonds. The van der Waals surface area contributed by atoms with Gasteiger partial charge in [-0.05, 0) is 39.1 Å². The van der Waals surface area contributed by atoms with E-state index < -0.39 is 6.10 Å². The Morgan fingerprint density at radius 2 is 2.18 bits per heavy atom. The van der Waals surface area contributed by atoms with Gasteiger partial charge in [-0.1, -0.05) is 6.07 Å². The van der Waals surface area contributed by atoms with Crippen LogP contribution in [0.3, 0.4) is 0 Å². The summed E-state index contributed by atoms with van der Waals surface area (Å²) in [6.07, 6.45) is -0.461. The molecule has 1 aromatic rings. The van der Waals surface area contributed by atoms with E-state index in [1.54, 1.807) is 11.3 Å². The maximum absolute atomic E-state index is 9.77. The van der Waals surface area contributed by atoms with E-state index >= 15 is 0 Å². The minimum absolute atomic E-state index is 0.194. The molecule has 0 fully saturated rings. The van der Waals surface area contributed by atoms with Crippen LogP contribution in [0, 0.1) is 0 Å². The van der Waals surface area contributed by atoms with Crippen molar-refractivity contribution in [3.05, 3.63) is 22.4 Å². The van der Waals surface area contributed by atoms with E-state index in [4.69, 9.17) is 4.74 Å². The SMILES string of the molecule is C[C@@H](NCC(O)COC(C)(C)C)c1cccs1. The second kappa shape index (κ2) is 6.50. The lowest BCUT2D eigenvalue weighted by Gasteiger charge is -2.23. The molecular weight excluding hydrogens is 234 g/mol. The molecule has 0 spiro atoms. The van der Waals surface area contributed by atoms with Crippen LogP contribution in [0.25, 0.3) is 0 Å². The second-order valence-corrected chi connectivity index (χ2v) is 6.20. The molecule has 0 aromatic carbocycles. The van der Waals surface area contributed by atoms with Crippen molar-refractivity contribution in [2.24, 2.45) is 0 Å². The lowest BCUT2D eigenvalue weighted by atomic mass is 10.2. The number of ether oxygens (including phenoxy) is 1. The third-order valence-electron chi connectivity index (χ3n) is 2.34. The topological polar surface area (TPSA) is 41.5 Å². The summed E-state index contributed by atoms with van der Waals surface area (Å²) >= 11 is 1.72. The third kappa shape index (κ3) is 6.17. The van der Waals surface area contributed by atoms with Crippen molar-refractivity contribution in [3.63, 3.8) is 0 Å². The standard InChI is InChI=1S/C13H23NO2S/c1-10(12-6-5-7-17-12)14-8-11(15)9-16-13(2,3)4/h5-7,10-11,14-15H,8-9H2,1-4H3/t10-,11?/m1/s1. The molecule has 1 unspecified atom stereocenters. The Kier molecular flexibility index (Phi) is 5.59.